The Morgan fingerprint density at radius 1 is 1.39 bits per heavy atom. The standard InChI is InChI=1S/C12H16N2O4/c1-12(2,3)9(11(17)18)14-10(16)7-4-5-13-8(15)6-7/h4-6,9H,1-3H3,(H,13,15)(H,14,16)(H,17,18)/t9-/m1/s1. The highest BCUT2D eigenvalue weighted by Gasteiger charge is 2.32. The van der Waals surface area contributed by atoms with Crippen molar-refractivity contribution in [2.75, 3.05) is 0 Å². The molecule has 0 saturated carbocycles. The van der Waals surface area contributed by atoms with Gasteiger partial charge in [0.2, 0.25) is 5.56 Å². The molecule has 0 saturated heterocycles. The van der Waals surface area contributed by atoms with Crippen molar-refractivity contribution >= 4 is 11.9 Å². The number of hydrogen-bond donors (Lipinski definition) is 3. The number of H-pyrrole nitrogens is 1. The zero-order valence-electron chi connectivity index (χ0n) is 10.5. The Morgan fingerprint density at radius 3 is 2.44 bits per heavy atom. The van der Waals surface area contributed by atoms with Gasteiger partial charge < -0.3 is 15.4 Å². The van der Waals surface area contributed by atoms with E-state index in [1.165, 1.54) is 12.3 Å². The van der Waals surface area contributed by atoms with Crippen molar-refractivity contribution in [1.82, 2.24) is 10.3 Å². The van der Waals surface area contributed by atoms with Gasteiger partial charge in [0.25, 0.3) is 5.91 Å². The van der Waals surface area contributed by atoms with Crippen LogP contribution in [0.5, 0.6) is 0 Å². The van der Waals surface area contributed by atoms with Crippen LogP contribution in [0.2, 0.25) is 0 Å². The first kappa shape index (κ1) is 14.0. The van der Waals surface area contributed by atoms with Gasteiger partial charge in [-0.25, -0.2) is 4.79 Å². The van der Waals surface area contributed by atoms with Gasteiger partial charge in [-0.2, -0.15) is 0 Å². The van der Waals surface area contributed by atoms with E-state index in [2.05, 4.69) is 10.3 Å². The van der Waals surface area contributed by atoms with Gasteiger partial charge in [-0.3, -0.25) is 9.59 Å². The highest BCUT2D eigenvalue weighted by atomic mass is 16.4. The van der Waals surface area contributed by atoms with Crippen LogP contribution in [0, 0.1) is 5.41 Å². The lowest BCUT2D eigenvalue weighted by atomic mass is 9.86. The summed E-state index contributed by atoms with van der Waals surface area (Å²) < 4.78 is 0. The lowest BCUT2D eigenvalue weighted by Gasteiger charge is -2.27. The molecular formula is C12H16N2O4. The van der Waals surface area contributed by atoms with Crippen molar-refractivity contribution < 1.29 is 14.7 Å². The highest BCUT2D eigenvalue weighted by Crippen LogP contribution is 2.19. The molecule has 0 aliphatic heterocycles. The summed E-state index contributed by atoms with van der Waals surface area (Å²) in [5, 5.41) is 11.5. The van der Waals surface area contributed by atoms with Gasteiger partial charge in [-0.05, 0) is 11.5 Å². The van der Waals surface area contributed by atoms with Crippen LogP contribution in [0.1, 0.15) is 31.1 Å². The molecule has 98 valence electrons. The molecule has 3 N–H and O–H groups in total. The largest absolute Gasteiger partial charge is 0.480 e. The molecule has 0 aromatic carbocycles. The highest BCUT2D eigenvalue weighted by molar-refractivity contribution is 5.96. The van der Waals surface area contributed by atoms with Crippen LogP contribution >= 0.6 is 0 Å². The molecule has 6 heteroatoms. The van der Waals surface area contributed by atoms with Crippen LogP contribution in [0.4, 0.5) is 0 Å². The third-order valence-electron chi connectivity index (χ3n) is 2.43. The second kappa shape index (κ2) is 5.03. The minimum atomic E-state index is -1.11. The maximum Gasteiger partial charge on any atom is 0.326 e. The number of carboxylic acid groups (broad SMARTS) is 1. The molecule has 1 atom stereocenters. The zero-order valence-corrected chi connectivity index (χ0v) is 10.5. The summed E-state index contributed by atoms with van der Waals surface area (Å²) in [6.45, 7) is 5.14. The molecule has 1 aromatic rings. The summed E-state index contributed by atoms with van der Waals surface area (Å²) in [7, 11) is 0. The molecule has 1 rings (SSSR count). The van der Waals surface area contributed by atoms with Gasteiger partial charge in [0.05, 0.1) is 0 Å². The Hall–Kier alpha value is -2.11. The third kappa shape index (κ3) is 3.44. The predicted molar refractivity (Wildman–Crippen MR) is 65.4 cm³/mol. The smallest absolute Gasteiger partial charge is 0.326 e. The molecule has 0 unspecified atom stereocenters. The van der Waals surface area contributed by atoms with Gasteiger partial charge in [-0.15, -0.1) is 0 Å². The number of pyridine rings is 1. The van der Waals surface area contributed by atoms with Gasteiger partial charge in [0, 0.05) is 17.8 Å². The Balaban J connectivity index is 2.93. The van der Waals surface area contributed by atoms with E-state index in [9.17, 15) is 14.4 Å². The number of amides is 1. The molecule has 1 aromatic heterocycles. The van der Waals surface area contributed by atoms with E-state index >= 15 is 0 Å². The van der Waals surface area contributed by atoms with Crippen LogP contribution in [0.15, 0.2) is 23.1 Å². The molecular weight excluding hydrogens is 236 g/mol. The van der Waals surface area contributed by atoms with Crippen LogP contribution < -0.4 is 10.9 Å². The molecule has 0 fully saturated rings. The summed E-state index contributed by atoms with van der Waals surface area (Å²) in [4.78, 5) is 36.4. The van der Waals surface area contributed by atoms with Crippen molar-refractivity contribution in [3.63, 3.8) is 0 Å². The number of hydrogen-bond acceptors (Lipinski definition) is 3. The zero-order chi connectivity index (χ0) is 13.9. The summed E-state index contributed by atoms with van der Waals surface area (Å²) in [5.41, 5.74) is -0.901. The van der Waals surface area contributed by atoms with Crippen molar-refractivity contribution in [3.05, 3.63) is 34.2 Å². The summed E-state index contributed by atoms with van der Waals surface area (Å²) in [5.74, 6) is -1.69. The van der Waals surface area contributed by atoms with Crippen molar-refractivity contribution in [3.8, 4) is 0 Å². The van der Waals surface area contributed by atoms with Crippen LogP contribution in [0.3, 0.4) is 0 Å². The minimum absolute atomic E-state index is 0.134. The van der Waals surface area contributed by atoms with Gasteiger partial charge in [0.1, 0.15) is 6.04 Å². The number of rotatable bonds is 3. The number of carbonyl (C=O) groups is 2. The number of aromatic nitrogens is 1. The molecule has 0 spiro atoms. The first-order chi connectivity index (χ1) is 8.21. The number of carboxylic acids is 1. The van der Waals surface area contributed by atoms with Crippen molar-refractivity contribution in [1.29, 1.82) is 0 Å². The quantitative estimate of drug-likeness (QED) is 0.733. The number of carbonyl (C=O) groups excluding carboxylic acids is 1. The van der Waals surface area contributed by atoms with Gasteiger partial charge >= 0.3 is 5.97 Å². The Morgan fingerprint density at radius 2 is 2.00 bits per heavy atom. The second-order valence-electron chi connectivity index (χ2n) is 5.05. The maximum atomic E-state index is 11.8. The lowest BCUT2D eigenvalue weighted by molar-refractivity contribution is -0.142. The molecule has 0 radical (unpaired) electrons. The SMILES string of the molecule is CC(C)(C)[C@H](NC(=O)c1cc[nH]c(=O)c1)C(=O)O. The van der Waals surface area contributed by atoms with Gasteiger partial charge in [-0.1, -0.05) is 20.8 Å². The first-order valence-electron chi connectivity index (χ1n) is 5.44. The average molecular weight is 252 g/mol. The predicted octanol–water partition coefficient (Wildman–Crippen LogP) is 0.604. The fraction of sp³-hybridized carbons (Fsp3) is 0.417. The van der Waals surface area contributed by atoms with Crippen molar-refractivity contribution in [2.45, 2.75) is 26.8 Å². The molecule has 0 bridgehead atoms. The molecule has 0 aliphatic rings. The molecule has 18 heavy (non-hydrogen) atoms. The third-order valence-corrected chi connectivity index (χ3v) is 2.43. The van der Waals surface area contributed by atoms with E-state index < -0.39 is 28.9 Å². The molecule has 1 heterocycles. The van der Waals surface area contributed by atoms with E-state index in [1.807, 2.05) is 0 Å². The monoisotopic (exact) mass is 252 g/mol. The Labute approximate surface area is 104 Å². The van der Waals surface area contributed by atoms with E-state index in [0.717, 1.165) is 6.07 Å². The first-order valence-corrected chi connectivity index (χ1v) is 5.44. The number of nitrogens with one attached hydrogen (secondary N) is 2. The summed E-state index contributed by atoms with van der Waals surface area (Å²) in [6, 6.07) is 1.51. The van der Waals surface area contributed by atoms with Crippen LogP contribution in [-0.4, -0.2) is 28.0 Å². The molecule has 1 amide bonds. The fourth-order valence-electron chi connectivity index (χ4n) is 1.45. The van der Waals surface area contributed by atoms with Gasteiger partial charge in [0.15, 0.2) is 0 Å². The average Bonchev–Trinajstić information content (AvgIpc) is 2.23. The topological polar surface area (TPSA) is 99.3 Å². The van der Waals surface area contributed by atoms with Crippen LogP contribution in [0.25, 0.3) is 0 Å². The molecule has 0 aliphatic carbocycles. The van der Waals surface area contributed by atoms with E-state index in [4.69, 9.17) is 5.11 Å². The Bertz CT molecular complexity index is 513. The molecule has 6 nitrogen and oxygen atoms in total. The summed E-state index contributed by atoms with van der Waals surface area (Å²) >= 11 is 0. The number of aliphatic carboxylic acids is 1. The van der Waals surface area contributed by atoms with E-state index in [0.29, 0.717) is 0 Å². The minimum Gasteiger partial charge on any atom is -0.480 e. The maximum absolute atomic E-state index is 11.8. The van der Waals surface area contributed by atoms with Crippen molar-refractivity contribution in [2.24, 2.45) is 5.41 Å². The number of aromatic amines is 1. The Kier molecular flexibility index (Phi) is 3.90. The normalized spacial score (nSPS) is 12.8. The van der Waals surface area contributed by atoms with E-state index in [1.54, 1.807) is 20.8 Å². The summed E-state index contributed by atoms with van der Waals surface area (Å²) in [6.07, 6.45) is 1.34. The van der Waals surface area contributed by atoms with E-state index in [-0.39, 0.29) is 5.56 Å². The lowest BCUT2D eigenvalue weighted by Crippen LogP contribution is -2.49. The van der Waals surface area contributed by atoms with Crippen LogP contribution in [-0.2, 0) is 4.79 Å². The second-order valence-corrected chi connectivity index (χ2v) is 5.05. The fourth-order valence-corrected chi connectivity index (χ4v) is 1.45.